The monoisotopic (exact) mass is 350 g/mol. The van der Waals surface area contributed by atoms with Crippen LogP contribution in [-0.2, 0) is 4.74 Å². The van der Waals surface area contributed by atoms with Crippen LogP contribution in [0.5, 0.6) is 0 Å². The number of hydrogen-bond acceptors (Lipinski definition) is 13. The van der Waals surface area contributed by atoms with Gasteiger partial charge in [-0.2, -0.15) is 0 Å². The first-order valence-corrected chi connectivity index (χ1v) is 6.21. The summed E-state index contributed by atoms with van der Waals surface area (Å²) in [6.45, 7) is 1.69. The number of hydrogen-bond donors (Lipinski definition) is 12. The Labute approximate surface area is 129 Å². The Bertz CT molecular complexity index is 327. The second-order valence-corrected chi connectivity index (χ2v) is 5.00. The summed E-state index contributed by atoms with van der Waals surface area (Å²) < 4.78 is 4.38. The minimum absolute atomic E-state index is 0.844. The molecule has 13 heteroatoms. The summed E-state index contributed by atoms with van der Waals surface area (Å²) in [6.07, 6.45) is -2.29. The highest BCUT2D eigenvalue weighted by Crippen LogP contribution is 2.45. The zero-order valence-corrected chi connectivity index (χ0v) is 12.2. The summed E-state index contributed by atoms with van der Waals surface area (Å²) in [5, 5.41) is 111. The zero-order chi connectivity index (χ0) is 19.1. The molecule has 0 bridgehead atoms. The predicted octanol–water partition coefficient (Wildman–Crippen LogP) is -6.18. The van der Waals surface area contributed by atoms with E-state index in [1.54, 1.807) is 0 Å². The Hall–Kier alpha value is -0.520. The molecule has 12 N–H and O–H groups in total. The topological polar surface area (TPSA) is 252 Å². The Morgan fingerprint density at radius 2 is 0.652 bits per heavy atom. The van der Waals surface area contributed by atoms with Gasteiger partial charge in [-0.15, -0.1) is 0 Å². The van der Waals surface area contributed by atoms with Crippen LogP contribution in [0, 0.1) is 0 Å². The minimum Gasteiger partial charge on any atom is -0.341 e. The van der Waals surface area contributed by atoms with Crippen molar-refractivity contribution in [1.82, 2.24) is 0 Å². The van der Waals surface area contributed by atoms with Crippen molar-refractivity contribution in [3.05, 3.63) is 0 Å². The first kappa shape index (κ1) is 22.5. The summed E-state index contributed by atoms with van der Waals surface area (Å²) in [5.41, 5.74) is -7.62. The van der Waals surface area contributed by atoms with E-state index in [2.05, 4.69) is 4.74 Å². The average Bonchev–Trinajstić information content (AvgIpc) is 2.23. The van der Waals surface area contributed by atoms with Crippen molar-refractivity contribution >= 4 is 0 Å². The highest BCUT2D eigenvalue weighted by atomic mass is 16.8. The van der Waals surface area contributed by atoms with E-state index < -0.39 is 47.9 Å². The molecule has 0 radical (unpaired) electrons. The first-order chi connectivity index (χ1) is 9.83. The van der Waals surface area contributed by atoms with Crippen LogP contribution in [-0.4, -0.2) is 96.4 Å². The van der Waals surface area contributed by atoms with Gasteiger partial charge in [0.25, 0.3) is 0 Å². The number of aliphatic hydroxyl groups is 12. The van der Waals surface area contributed by atoms with Gasteiger partial charge in [0.05, 0.1) is 0 Å². The van der Waals surface area contributed by atoms with E-state index in [4.69, 9.17) is 0 Å². The van der Waals surface area contributed by atoms with Gasteiger partial charge in [0, 0.05) is 0 Å². The van der Waals surface area contributed by atoms with Crippen LogP contribution in [0.3, 0.4) is 0 Å². The van der Waals surface area contributed by atoms with Crippen molar-refractivity contribution in [2.45, 2.75) is 61.8 Å². The highest BCUT2D eigenvalue weighted by molar-refractivity contribution is 5.01. The third-order valence-corrected chi connectivity index (χ3v) is 3.51. The Morgan fingerprint density at radius 3 is 0.739 bits per heavy atom. The van der Waals surface area contributed by atoms with Crippen LogP contribution in [0.25, 0.3) is 0 Å². The van der Waals surface area contributed by atoms with E-state index in [9.17, 15) is 61.3 Å². The van der Waals surface area contributed by atoms with Gasteiger partial charge < -0.3 is 66.0 Å². The molecule has 0 saturated heterocycles. The van der Waals surface area contributed by atoms with E-state index in [1.807, 2.05) is 0 Å². The van der Waals surface area contributed by atoms with Crippen LogP contribution < -0.4 is 0 Å². The molecule has 0 heterocycles. The van der Waals surface area contributed by atoms with Crippen molar-refractivity contribution < 1.29 is 66.0 Å². The molecule has 23 heavy (non-hydrogen) atoms. The summed E-state index contributed by atoms with van der Waals surface area (Å²) >= 11 is 0. The Kier molecular flexibility index (Phi) is 5.95. The first-order valence-electron chi connectivity index (χ1n) is 6.21. The summed E-state index contributed by atoms with van der Waals surface area (Å²) in [4.78, 5) is 0. The molecule has 0 aromatic rings. The van der Waals surface area contributed by atoms with E-state index in [1.165, 1.54) is 0 Å². The van der Waals surface area contributed by atoms with E-state index in [-0.39, 0.29) is 0 Å². The molecule has 140 valence electrons. The largest absolute Gasteiger partial charge is 0.341 e. The Morgan fingerprint density at radius 1 is 0.478 bits per heavy atom. The van der Waals surface area contributed by atoms with E-state index in [0.717, 1.165) is 13.8 Å². The second kappa shape index (κ2) is 6.08. The fourth-order valence-corrected chi connectivity index (χ4v) is 2.11. The van der Waals surface area contributed by atoms with Gasteiger partial charge in [0.15, 0.2) is 0 Å². The van der Waals surface area contributed by atoms with Gasteiger partial charge in [-0.3, -0.25) is 0 Å². The quantitative estimate of drug-likeness (QED) is 0.182. The van der Waals surface area contributed by atoms with E-state index in [0.29, 0.717) is 0 Å². The molecule has 0 aromatic heterocycles. The lowest BCUT2D eigenvalue weighted by Gasteiger charge is -2.52. The Balaban J connectivity index is 6.56. The maximum Gasteiger partial charge on any atom is 0.314 e. The predicted molar refractivity (Wildman–Crippen MR) is 64.7 cm³/mol. The van der Waals surface area contributed by atoms with Gasteiger partial charge in [0.1, 0.15) is 0 Å². The second-order valence-electron chi connectivity index (χ2n) is 5.00. The molecule has 0 amide bonds. The van der Waals surface area contributed by atoms with Crippen LogP contribution in [0.4, 0.5) is 0 Å². The van der Waals surface area contributed by atoms with Gasteiger partial charge in [-0.05, 0) is 12.8 Å². The third kappa shape index (κ3) is 3.62. The van der Waals surface area contributed by atoms with Crippen molar-refractivity contribution in [1.29, 1.82) is 0 Å². The maximum absolute atomic E-state index is 9.27. The standard InChI is InChI=1S/C10H22O13/c1-3-5(7(11,12)13,8(14,15)16)23-6(4-2,9(17,18)19)10(20,21)22/h11-22H,3-4H2,1-2H3. The van der Waals surface area contributed by atoms with Gasteiger partial charge in [-0.1, -0.05) is 13.8 Å². The highest BCUT2D eigenvalue weighted by Gasteiger charge is 2.73. The number of rotatable bonds is 8. The molecule has 0 fully saturated rings. The normalized spacial score (nSPS) is 15.9. The van der Waals surface area contributed by atoms with Crippen LogP contribution >= 0.6 is 0 Å². The molecular formula is C10H22O13. The third-order valence-electron chi connectivity index (χ3n) is 3.51. The minimum atomic E-state index is -4.35. The molecule has 0 aliphatic heterocycles. The molecule has 0 atom stereocenters. The van der Waals surface area contributed by atoms with Crippen LogP contribution in [0.2, 0.25) is 0 Å². The van der Waals surface area contributed by atoms with Crippen molar-refractivity contribution in [3.63, 3.8) is 0 Å². The molecule has 0 unspecified atom stereocenters. The van der Waals surface area contributed by atoms with Crippen molar-refractivity contribution in [3.8, 4) is 0 Å². The zero-order valence-electron chi connectivity index (χ0n) is 12.2. The van der Waals surface area contributed by atoms with Crippen LogP contribution in [0.15, 0.2) is 0 Å². The fraction of sp³-hybridized carbons (Fsp3) is 1.00. The molecule has 0 saturated carbocycles. The van der Waals surface area contributed by atoms with Gasteiger partial charge in [-0.25, -0.2) is 0 Å². The summed E-state index contributed by atoms with van der Waals surface area (Å²) in [7, 11) is 0. The SMILES string of the molecule is CCC(OC(CC)(C(O)(O)O)C(O)(O)O)(C(O)(O)O)C(O)(O)O. The maximum atomic E-state index is 9.27. The van der Waals surface area contributed by atoms with Crippen molar-refractivity contribution in [2.75, 3.05) is 0 Å². The van der Waals surface area contributed by atoms with Crippen LogP contribution in [0.1, 0.15) is 26.7 Å². The summed E-state index contributed by atoms with van der Waals surface area (Å²) in [6, 6.07) is 0. The smallest absolute Gasteiger partial charge is 0.314 e. The summed E-state index contributed by atoms with van der Waals surface area (Å²) in [5.74, 6) is -17.4. The average molecular weight is 350 g/mol. The number of ether oxygens (including phenoxy) is 1. The molecule has 0 spiro atoms. The molecule has 0 aromatic carbocycles. The fourth-order valence-electron chi connectivity index (χ4n) is 2.11. The van der Waals surface area contributed by atoms with Gasteiger partial charge >= 0.3 is 23.9 Å². The molecular weight excluding hydrogens is 328 g/mol. The molecule has 0 aliphatic rings. The molecule has 0 aliphatic carbocycles. The van der Waals surface area contributed by atoms with E-state index >= 15 is 0 Å². The van der Waals surface area contributed by atoms with Gasteiger partial charge in [0.2, 0.25) is 11.2 Å². The lowest BCUT2D eigenvalue weighted by Crippen LogP contribution is -2.78. The molecule has 0 rings (SSSR count). The molecule has 13 nitrogen and oxygen atoms in total. The lowest BCUT2D eigenvalue weighted by atomic mass is 9.87. The lowest BCUT2D eigenvalue weighted by molar-refractivity contribution is -0.569. The van der Waals surface area contributed by atoms with Crippen molar-refractivity contribution in [2.24, 2.45) is 0 Å².